The first-order valence-electron chi connectivity index (χ1n) is 8.37. The van der Waals surface area contributed by atoms with E-state index >= 15 is 0 Å². The van der Waals surface area contributed by atoms with Crippen LogP contribution in [0.3, 0.4) is 0 Å². The lowest BCUT2D eigenvalue weighted by Crippen LogP contribution is -2.55. The molecule has 0 unspecified atom stereocenters. The van der Waals surface area contributed by atoms with Crippen molar-refractivity contribution in [3.8, 4) is 0 Å². The van der Waals surface area contributed by atoms with Crippen molar-refractivity contribution in [2.45, 2.75) is 51.0 Å². The van der Waals surface area contributed by atoms with Gasteiger partial charge in [0, 0.05) is 39.9 Å². The number of hydrogen-bond acceptors (Lipinski definition) is 4. The Morgan fingerprint density at radius 1 is 1.14 bits per heavy atom. The maximum atomic E-state index is 12.8. The minimum absolute atomic E-state index is 0.0850. The van der Waals surface area contributed by atoms with Crippen molar-refractivity contribution in [1.29, 1.82) is 0 Å². The fourth-order valence-electron chi connectivity index (χ4n) is 3.43. The largest absolute Gasteiger partial charge is 0.389 e. The van der Waals surface area contributed by atoms with Gasteiger partial charge in [0.25, 0.3) is 10.2 Å². The molecule has 2 aliphatic rings. The van der Waals surface area contributed by atoms with Crippen molar-refractivity contribution >= 4 is 10.2 Å². The molecule has 2 aliphatic heterocycles. The first-order valence-corrected chi connectivity index (χ1v) is 9.76. The van der Waals surface area contributed by atoms with Crippen LogP contribution in [0.25, 0.3) is 0 Å². The van der Waals surface area contributed by atoms with Crippen molar-refractivity contribution in [3.05, 3.63) is 0 Å². The molecule has 0 amide bonds. The molecule has 1 N–H and O–H groups in total. The number of piperidine rings is 1. The van der Waals surface area contributed by atoms with Gasteiger partial charge in [0.05, 0.1) is 5.60 Å². The van der Waals surface area contributed by atoms with E-state index in [2.05, 4.69) is 0 Å². The summed E-state index contributed by atoms with van der Waals surface area (Å²) >= 11 is 0. The molecule has 7 heteroatoms. The van der Waals surface area contributed by atoms with Crippen LogP contribution in [0.15, 0.2) is 0 Å². The second-order valence-electron chi connectivity index (χ2n) is 6.68. The average Bonchev–Trinajstić information content (AvgIpc) is 2.78. The van der Waals surface area contributed by atoms with Crippen LogP contribution in [0.2, 0.25) is 0 Å². The van der Waals surface area contributed by atoms with Crippen molar-refractivity contribution < 1.29 is 18.3 Å². The molecule has 0 aromatic carbocycles. The summed E-state index contributed by atoms with van der Waals surface area (Å²) in [6.07, 6.45) is 5.14. The molecule has 22 heavy (non-hydrogen) atoms. The quantitative estimate of drug-likeness (QED) is 0.821. The standard InChI is InChI=1S/C15H30N2O4S/c1-14-13-17(11-7-15(14,18)8-12-21-2)22(19,20)16-9-5-3-4-6-10-16/h14,18H,3-13H2,1-2H3/t14-,15-/m1/s1. The molecule has 0 spiro atoms. The molecule has 0 aromatic rings. The third kappa shape index (κ3) is 4.00. The second-order valence-corrected chi connectivity index (χ2v) is 8.60. The summed E-state index contributed by atoms with van der Waals surface area (Å²) in [4.78, 5) is 0. The maximum Gasteiger partial charge on any atom is 0.281 e. The third-order valence-electron chi connectivity index (χ3n) is 5.15. The van der Waals surface area contributed by atoms with Crippen molar-refractivity contribution in [2.24, 2.45) is 5.92 Å². The zero-order valence-electron chi connectivity index (χ0n) is 13.8. The molecule has 0 saturated carbocycles. The molecule has 0 aromatic heterocycles. The van der Waals surface area contributed by atoms with E-state index in [9.17, 15) is 13.5 Å². The number of nitrogens with zero attached hydrogens (tertiary/aromatic N) is 2. The van der Waals surface area contributed by atoms with Crippen LogP contribution in [0.5, 0.6) is 0 Å². The van der Waals surface area contributed by atoms with E-state index in [0.29, 0.717) is 45.6 Å². The minimum Gasteiger partial charge on any atom is -0.389 e. The summed E-state index contributed by atoms with van der Waals surface area (Å²) in [5.74, 6) is -0.0850. The van der Waals surface area contributed by atoms with Gasteiger partial charge >= 0.3 is 0 Å². The molecule has 130 valence electrons. The van der Waals surface area contributed by atoms with Gasteiger partial charge in [-0.05, 0) is 31.6 Å². The van der Waals surface area contributed by atoms with Gasteiger partial charge < -0.3 is 9.84 Å². The Morgan fingerprint density at radius 3 is 2.32 bits per heavy atom. The molecule has 2 saturated heterocycles. The minimum atomic E-state index is -3.39. The lowest BCUT2D eigenvalue weighted by Gasteiger charge is -2.43. The van der Waals surface area contributed by atoms with Crippen molar-refractivity contribution in [2.75, 3.05) is 39.9 Å². The first-order chi connectivity index (χ1) is 10.4. The molecule has 2 atom stereocenters. The Labute approximate surface area is 134 Å². The second kappa shape index (κ2) is 7.57. The summed E-state index contributed by atoms with van der Waals surface area (Å²) in [7, 11) is -1.77. The Kier molecular flexibility index (Phi) is 6.24. The Bertz CT molecular complexity index is 448. The maximum absolute atomic E-state index is 12.8. The van der Waals surface area contributed by atoms with Crippen LogP contribution in [0, 0.1) is 5.92 Å². The molecule has 0 radical (unpaired) electrons. The Hall–Kier alpha value is -0.210. The van der Waals surface area contributed by atoms with Crippen LogP contribution < -0.4 is 0 Å². The lowest BCUT2D eigenvalue weighted by molar-refractivity contribution is -0.0685. The van der Waals surface area contributed by atoms with Gasteiger partial charge in [0.2, 0.25) is 0 Å². The average molecular weight is 334 g/mol. The van der Waals surface area contributed by atoms with Crippen LogP contribution in [0.1, 0.15) is 45.4 Å². The van der Waals surface area contributed by atoms with E-state index < -0.39 is 15.8 Å². The van der Waals surface area contributed by atoms with Gasteiger partial charge in [-0.25, -0.2) is 0 Å². The highest BCUT2D eigenvalue weighted by molar-refractivity contribution is 7.86. The summed E-state index contributed by atoms with van der Waals surface area (Å²) in [6.45, 7) is 4.46. The van der Waals surface area contributed by atoms with Gasteiger partial charge in [-0.15, -0.1) is 0 Å². The van der Waals surface area contributed by atoms with Gasteiger partial charge in [-0.3, -0.25) is 0 Å². The van der Waals surface area contributed by atoms with Crippen LogP contribution in [-0.4, -0.2) is 67.6 Å². The predicted octanol–water partition coefficient (Wildman–Crippen LogP) is 1.22. The van der Waals surface area contributed by atoms with Crippen LogP contribution >= 0.6 is 0 Å². The third-order valence-corrected chi connectivity index (χ3v) is 7.15. The molecule has 2 rings (SSSR count). The SMILES string of the molecule is COCC[C@]1(O)CCN(S(=O)(=O)N2CCCCCC2)C[C@H]1C. The Balaban J connectivity index is 2.02. The smallest absolute Gasteiger partial charge is 0.281 e. The van der Waals surface area contributed by atoms with E-state index in [4.69, 9.17) is 4.74 Å². The highest BCUT2D eigenvalue weighted by atomic mass is 32.2. The highest BCUT2D eigenvalue weighted by Crippen LogP contribution is 2.33. The normalized spacial score (nSPS) is 32.8. The summed E-state index contributed by atoms with van der Waals surface area (Å²) in [6, 6.07) is 0. The molecule has 2 heterocycles. The summed E-state index contributed by atoms with van der Waals surface area (Å²) < 4.78 is 33.9. The van der Waals surface area contributed by atoms with E-state index in [0.717, 1.165) is 25.7 Å². The number of methoxy groups -OCH3 is 1. The zero-order valence-corrected chi connectivity index (χ0v) is 14.6. The van der Waals surface area contributed by atoms with Gasteiger partial charge in [-0.1, -0.05) is 19.8 Å². The lowest BCUT2D eigenvalue weighted by atomic mass is 9.81. The first kappa shape index (κ1) is 18.1. The van der Waals surface area contributed by atoms with Crippen LogP contribution in [0.4, 0.5) is 0 Å². The molecule has 6 nitrogen and oxygen atoms in total. The van der Waals surface area contributed by atoms with Crippen molar-refractivity contribution in [3.63, 3.8) is 0 Å². The van der Waals surface area contributed by atoms with Crippen LogP contribution in [-0.2, 0) is 14.9 Å². The summed E-state index contributed by atoms with van der Waals surface area (Å²) in [5, 5.41) is 10.7. The number of aliphatic hydroxyl groups is 1. The molecular formula is C15H30N2O4S. The molecule has 0 bridgehead atoms. The van der Waals surface area contributed by atoms with Gasteiger partial charge in [0.1, 0.15) is 0 Å². The summed E-state index contributed by atoms with van der Waals surface area (Å²) in [5.41, 5.74) is -0.819. The highest BCUT2D eigenvalue weighted by Gasteiger charge is 2.43. The fraction of sp³-hybridized carbons (Fsp3) is 1.00. The van der Waals surface area contributed by atoms with Gasteiger partial charge in [-0.2, -0.15) is 17.0 Å². The Morgan fingerprint density at radius 2 is 1.77 bits per heavy atom. The number of hydrogen-bond donors (Lipinski definition) is 1. The van der Waals surface area contributed by atoms with E-state index in [-0.39, 0.29) is 5.92 Å². The molecular weight excluding hydrogens is 304 g/mol. The molecule has 0 aliphatic carbocycles. The predicted molar refractivity (Wildman–Crippen MR) is 85.8 cm³/mol. The van der Waals surface area contributed by atoms with Gasteiger partial charge in [0.15, 0.2) is 0 Å². The fourth-order valence-corrected chi connectivity index (χ4v) is 5.21. The zero-order chi connectivity index (χ0) is 16.2. The monoisotopic (exact) mass is 334 g/mol. The van der Waals surface area contributed by atoms with E-state index in [1.165, 1.54) is 0 Å². The van der Waals surface area contributed by atoms with Crippen molar-refractivity contribution in [1.82, 2.24) is 8.61 Å². The van der Waals surface area contributed by atoms with E-state index in [1.807, 2.05) is 6.92 Å². The number of ether oxygens (including phenoxy) is 1. The number of rotatable bonds is 5. The topological polar surface area (TPSA) is 70.1 Å². The van der Waals surface area contributed by atoms with E-state index in [1.54, 1.807) is 15.7 Å². The molecule has 2 fully saturated rings.